The number of nitriles is 1. The molecule has 0 spiro atoms. The Morgan fingerprint density at radius 1 is 1.21 bits per heavy atom. The molecule has 12 heteroatoms. The fourth-order valence-corrected chi connectivity index (χ4v) is 3.12. The highest BCUT2D eigenvalue weighted by Crippen LogP contribution is 2.26. The van der Waals surface area contributed by atoms with Gasteiger partial charge < -0.3 is 14.8 Å². The lowest BCUT2D eigenvalue weighted by Crippen LogP contribution is -2.38. The number of nitrogens with one attached hydrogen (secondary N) is 1. The van der Waals surface area contributed by atoms with Gasteiger partial charge in [0, 0.05) is 12.4 Å². The smallest absolute Gasteiger partial charge is 0.269 e. The summed E-state index contributed by atoms with van der Waals surface area (Å²) in [6.45, 7) is 3.66. The van der Waals surface area contributed by atoms with Gasteiger partial charge in [0.15, 0.2) is 11.5 Å². The van der Waals surface area contributed by atoms with Crippen molar-refractivity contribution in [2.24, 2.45) is 0 Å². The zero-order valence-electron chi connectivity index (χ0n) is 18.2. The number of anilines is 1. The fraction of sp³-hybridized carbons (Fsp3) is 0.227. The third-order valence-corrected chi connectivity index (χ3v) is 4.84. The number of hydrogen-bond donors (Lipinski definition) is 1. The van der Waals surface area contributed by atoms with E-state index >= 15 is 0 Å². The van der Waals surface area contributed by atoms with E-state index in [-0.39, 0.29) is 24.4 Å². The summed E-state index contributed by atoms with van der Waals surface area (Å²) < 4.78 is 13.1. The van der Waals surface area contributed by atoms with E-state index in [2.05, 4.69) is 30.4 Å². The molecule has 1 amide bonds. The highest BCUT2D eigenvalue weighted by molar-refractivity contribution is 6.32. The number of rotatable bonds is 8. The Hall–Kier alpha value is -4.14. The molecule has 34 heavy (non-hydrogen) atoms. The molecule has 0 saturated heterocycles. The number of carbonyl (C=O) groups excluding carboxylic acids is 1. The predicted octanol–water partition coefficient (Wildman–Crippen LogP) is 2.94. The van der Waals surface area contributed by atoms with Crippen molar-refractivity contribution in [1.82, 2.24) is 29.7 Å². The summed E-state index contributed by atoms with van der Waals surface area (Å²) in [6, 6.07) is 8.45. The molecule has 0 aliphatic heterocycles. The summed E-state index contributed by atoms with van der Waals surface area (Å²) in [6.07, 6.45) is 4.57. The second kappa shape index (κ2) is 10.2. The van der Waals surface area contributed by atoms with Gasteiger partial charge in [-0.25, -0.2) is 19.9 Å². The van der Waals surface area contributed by atoms with Gasteiger partial charge in [0.2, 0.25) is 12.0 Å². The SMILES string of the molecule is CC(C)OCC(Oc1ncnc2c1cnn2-c1ncccc1Cl)C(=O)Nc1ccc(C#N)cn1. The third kappa shape index (κ3) is 5.09. The van der Waals surface area contributed by atoms with Gasteiger partial charge in [-0.05, 0) is 38.1 Å². The van der Waals surface area contributed by atoms with Crippen LogP contribution in [0.3, 0.4) is 0 Å². The maximum Gasteiger partial charge on any atom is 0.269 e. The molecule has 0 aliphatic rings. The topological polar surface area (TPSA) is 141 Å². The van der Waals surface area contributed by atoms with Crippen molar-refractivity contribution < 1.29 is 14.3 Å². The second-order valence-electron chi connectivity index (χ2n) is 7.30. The molecular weight excluding hydrogens is 460 g/mol. The summed E-state index contributed by atoms with van der Waals surface area (Å²) in [7, 11) is 0. The standard InChI is InChI=1S/C22H19ClN8O3/c1-13(2)33-11-17(21(32)30-18-6-5-14(8-24)9-26-18)34-22-15-10-29-31(19(15)27-12-28-22)20-16(23)4-3-7-25-20/h3-7,9-10,12-13,17H,11H2,1-2H3,(H,26,30,32). The van der Waals surface area contributed by atoms with E-state index < -0.39 is 12.0 Å². The first-order valence-electron chi connectivity index (χ1n) is 10.2. The molecule has 0 radical (unpaired) electrons. The quantitative estimate of drug-likeness (QED) is 0.404. The summed E-state index contributed by atoms with van der Waals surface area (Å²) in [5, 5.41) is 16.8. The van der Waals surface area contributed by atoms with Crippen LogP contribution in [0, 0.1) is 11.3 Å². The van der Waals surface area contributed by atoms with Crippen LogP contribution in [0.5, 0.6) is 5.88 Å². The second-order valence-corrected chi connectivity index (χ2v) is 7.71. The Labute approximate surface area is 199 Å². The minimum Gasteiger partial charge on any atom is -0.461 e. The molecule has 1 unspecified atom stereocenters. The minimum absolute atomic E-state index is 0.0362. The van der Waals surface area contributed by atoms with Gasteiger partial charge in [-0.15, -0.1) is 0 Å². The predicted molar refractivity (Wildman–Crippen MR) is 123 cm³/mol. The van der Waals surface area contributed by atoms with Crippen LogP contribution in [0.25, 0.3) is 16.9 Å². The highest BCUT2D eigenvalue weighted by Gasteiger charge is 2.25. The number of nitrogens with zero attached hydrogens (tertiary/aromatic N) is 7. The molecule has 0 fully saturated rings. The van der Waals surface area contributed by atoms with Gasteiger partial charge in [0.1, 0.15) is 23.6 Å². The minimum atomic E-state index is -1.06. The van der Waals surface area contributed by atoms with E-state index in [1.807, 2.05) is 19.9 Å². The van der Waals surface area contributed by atoms with E-state index in [1.54, 1.807) is 24.4 Å². The molecule has 4 aromatic rings. The van der Waals surface area contributed by atoms with Crippen LogP contribution in [0.15, 0.2) is 49.2 Å². The van der Waals surface area contributed by atoms with Crippen LogP contribution >= 0.6 is 11.6 Å². The van der Waals surface area contributed by atoms with Crippen LogP contribution in [0.4, 0.5) is 5.82 Å². The Morgan fingerprint density at radius 3 is 2.76 bits per heavy atom. The van der Waals surface area contributed by atoms with Crippen molar-refractivity contribution in [3.8, 4) is 17.8 Å². The molecule has 0 bridgehead atoms. The van der Waals surface area contributed by atoms with E-state index in [0.29, 0.717) is 27.4 Å². The monoisotopic (exact) mass is 478 g/mol. The van der Waals surface area contributed by atoms with Crippen LogP contribution in [-0.2, 0) is 9.53 Å². The van der Waals surface area contributed by atoms with Crippen molar-refractivity contribution in [3.63, 3.8) is 0 Å². The normalized spacial score (nSPS) is 11.9. The van der Waals surface area contributed by atoms with Crippen molar-refractivity contribution >= 4 is 34.4 Å². The van der Waals surface area contributed by atoms with Crippen molar-refractivity contribution in [2.45, 2.75) is 26.1 Å². The number of aromatic nitrogens is 6. The van der Waals surface area contributed by atoms with Crippen LogP contribution < -0.4 is 10.1 Å². The first kappa shape index (κ1) is 23.0. The first-order valence-corrected chi connectivity index (χ1v) is 10.6. The Kier molecular flexibility index (Phi) is 6.91. The van der Waals surface area contributed by atoms with E-state index in [4.69, 9.17) is 26.3 Å². The van der Waals surface area contributed by atoms with Crippen molar-refractivity contribution in [1.29, 1.82) is 5.26 Å². The average molecular weight is 479 g/mol. The zero-order valence-corrected chi connectivity index (χ0v) is 19.0. The van der Waals surface area contributed by atoms with Gasteiger partial charge in [0.25, 0.3) is 5.91 Å². The number of hydrogen-bond acceptors (Lipinski definition) is 9. The molecule has 11 nitrogen and oxygen atoms in total. The molecule has 1 atom stereocenters. The largest absolute Gasteiger partial charge is 0.461 e. The average Bonchev–Trinajstić information content (AvgIpc) is 3.27. The molecule has 4 heterocycles. The van der Waals surface area contributed by atoms with Gasteiger partial charge in [-0.1, -0.05) is 11.6 Å². The van der Waals surface area contributed by atoms with Gasteiger partial charge in [0.05, 0.1) is 29.5 Å². The number of pyridine rings is 2. The third-order valence-electron chi connectivity index (χ3n) is 4.54. The van der Waals surface area contributed by atoms with Crippen LogP contribution in [0.2, 0.25) is 5.02 Å². The van der Waals surface area contributed by atoms with Crippen LogP contribution in [0.1, 0.15) is 19.4 Å². The first-order chi connectivity index (χ1) is 16.5. The molecule has 0 aromatic carbocycles. The number of amides is 1. The lowest BCUT2D eigenvalue weighted by molar-refractivity contribution is -0.126. The van der Waals surface area contributed by atoms with Gasteiger partial charge in [-0.2, -0.15) is 15.0 Å². The van der Waals surface area contributed by atoms with Gasteiger partial charge >= 0.3 is 0 Å². The van der Waals surface area contributed by atoms with E-state index in [0.717, 1.165) is 0 Å². The fourth-order valence-electron chi connectivity index (χ4n) is 2.92. The number of halogens is 1. The molecular formula is C22H19ClN8O3. The van der Waals surface area contributed by atoms with Crippen LogP contribution in [-0.4, -0.2) is 54.4 Å². The maximum atomic E-state index is 13.0. The van der Waals surface area contributed by atoms with E-state index in [9.17, 15) is 4.79 Å². The maximum absolute atomic E-state index is 13.0. The Morgan fingerprint density at radius 2 is 2.06 bits per heavy atom. The number of carbonyl (C=O) groups is 1. The summed E-state index contributed by atoms with van der Waals surface area (Å²) in [5.41, 5.74) is 0.783. The van der Waals surface area contributed by atoms with E-state index in [1.165, 1.54) is 29.5 Å². The molecule has 172 valence electrons. The summed E-state index contributed by atoms with van der Waals surface area (Å²) >= 11 is 6.26. The Bertz CT molecular complexity index is 1350. The number of ether oxygens (including phenoxy) is 2. The molecule has 0 aliphatic carbocycles. The lowest BCUT2D eigenvalue weighted by atomic mass is 10.3. The van der Waals surface area contributed by atoms with Crippen molar-refractivity contribution in [3.05, 3.63) is 59.8 Å². The molecule has 1 N–H and O–H groups in total. The Balaban J connectivity index is 1.62. The highest BCUT2D eigenvalue weighted by atomic mass is 35.5. The molecule has 0 saturated carbocycles. The number of fused-ring (bicyclic) bond motifs is 1. The van der Waals surface area contributed by atoms with Crippen molar-refractivity contribution in [2.75, 3.05) is 11.9 Å². The molecule has 4 rings (SSSR count). The van der Waals surface area contributed by atoms with Gasteiger partial charge in [-0.3, -0.25) is 4.79 Å². The molecule has 4 aromatic heterocycles. The summed E-state index contributed by atoms with van der Waals surface area (Å²) in [5.74, 6) is 0.314. The zero-order chi connectivity index (χ0) is 24.1. The summed E-state index contributed by atoms with van der Waals surface area (Å²) in [4.78, 5) is 29.8. The lowest BCUT2D eigenvalue weighted by Gasteiger charge is -2.19.